The van der Waals surface area contributed by atoms with E-state index in [0.717, 1.165) is 0 Å². The molecule has 0 aromatic carbocycles. The van der Waals surface area contributed by atoms with Crippen molar-refractivity contribution in [2.24, 2.45) is 5.92 Å². The van der Waals surface area contributed by atoms with Gasteiger partial charge in [-0.3, -0.25) is 33.6 Å². The Bertz CT molecular complexity index is 980. The number of ether oxygens (including phenoxy) is 4. The molecule has 0 unspecified atom stereocenters. The summed E-state index contributed by atoms with van der Waals surface area (Å²) >= 11 is 0. The first kappa shape index (κ1) is 24.6. The number of carbonyl (C=O) groups excluding carboxylic acids is 3. The van der Waals surface area contributed by atoms with Gasteiger partial charge in [0.05, 0.1) is 18.6 Å². The molecule has 3 heterocycles. The van der Waals surface area contributed by atoms with Crippen LogP contribution in [-0.4, -0.2) is 76.9 Å². The maximum Gasteiger partial charge on any atom is 0.330 e. The third-order valence-corrected chi connectivity index (χ3v) is 5.76. The lowest BCUT2D eigenvalue weighted by Gasteiger charge is -2.39. The smallest absolute Gasteiger partial charge is 0.330 e. The van der Waals surface area contributed by atoms with Gasteiger partial charge >= 0.3 is 23.6 Å². The van der Waals surface area contributed by atoms with Crippen LogP contribution in [0.4, 0.5) is 0 Å². The molecule has 3 rings (SSSR count). The molecule has 33 heavy (non-hydrogen) atoms. The number of esters is 3. The van der Waals surface area contributed by atoms with E-state index in [1.165, 1.54) is 30.7 Å². The molecule has 1 N–H and O–H groups in total. The number of carbonyl (C=O) groups is 3. The molecule has 1 aromatic rings. The molecule has 0 saturated carbocycles. The molecule has 12 nitrogen and oxygen atoms in total. The SMILES string of the molecule is CCOC(=O)C1CCN([C@@H]2[C@@H](OC(C)=O)[C@@H](COC(C)=O)O[C@H]2n2ccc(=O)[nH]c2=O)CC1. The monoisotopic (exact) mass is 467 g/mol. The Morgan fingerprint density at radius 1 is 1.12 bits per heavy atom. The van der Waals surface area contributed by atoms with Gasteiger partial charge in [0.15, 0.2) is 12.3 Å². The summed E-state index contributed by atoms with van der Waals surface area (Å²) in [6, 6.07) is 0.566. The van der Waals surface area contributed by atoms with Gasteiger partial charge in [-0.05, 0) is 32.9 Å². The number of aromatic amines is 1. The Morgan fingerprint density at radius 3 is 2.39 bits per heavy atom. The maximum absolute atomic E-state index is 12.5. The Balaban J connectivity index is 1.91. The Hall–Kier alpha value is -2.99. The molecular weight excluding hydrogens is 438 g/mol. The van der Waals surface area contributed by atoms with Crippen molar-refractivity contribution >= 4 is 17.9 Å². The van der Waals surface area contributed by atoms with E-state index in [4.69, 9.17) is 18.9 Å². The maximum atomic E-state index is 12.5. The quantitative estimate of drug-likeness (QED) is 0.414. The lowest BCUT2D eigenvalue weighted by atomic mass is 9.94. The molecule has 0 bridgehead atoms. The van der Waals surface area contributed by atoms with Gasteiger partial charge in [0, 0.05) is 26.1 Å². The molecule has 2 fully saturated rings. The number of hydrogen-bond donors (Lipinski definition) is 1. The van der Waals surface area contributed by atoms with Gasteiger partial charge in [-0.1, -0.05) is 0 Å². The van der Waals surface area contributed by atoms with E-state index in [-0.39, 0.29) is 18.5 Å². The number of piperidine rings is 1. The van der Waals surface area contributed by atoms with Crippen molar-refractivity contribution < 1.29 is 33.3 Å². The van der Waals surface area contributed by atoms with Crippen molar-refractivity contribution in [1.82, 2.24) is 14.5 Å². The number of rotatable bonds is 7. The standard InChI is InChI=1S/C21H29N3O9/c1-4-30-20(28)14-5-8-23(9-6-14)17-18(32-13(3)26)15(11-31-12(2)25)33-19(17)24-10-7-16(27)22-21(24)29/h7,10,14-15,17-19H,4-6,8-9,11H2,1-3H3,(H,22,27,29)/t15-,17-,18+,19-/m1/s1. The average Bonchev–Trinajstić information content (AvgIpc) is 3.09. The van der Waals surface area contributed by atoms with E-state index in [1.807, 2.05) is 4.90 Å². The fourth-order valence-electron chi connectivity index (χ4n) is 4.33. The van der Waals surface area contributed by atoms with Gasteiger partial charge in [-0.15, -0.1) is 0 Å². The Morgan fingerprint density at radius 2 is 1.82 bits per heavy atom. The summed E-state index contributed by atoms with van der Waals surface area (Å²) in [6.45, 7) is 5.30. The highest BCUT2D eigenvalue weighted by Crippen LogP contribution is 2.36. The first-order chi connectivity index (χ1) is 15.7. The summed E-state index contributed by atoms with van der Waals surface area (Å²) < 4.78 is 23.1. The van der Waals surface area contributed by atoms with E-state index in [9.17, 15) is 24.0 Å². The van der Waals surface area contributed by atoms with Crippen LogP contribution in [0, 0.1) is 5.92 Å². The van der Waals surface area contributed by atoms with E-state index in [2.05, 4.69) is 4.98 Å². The van der Waals surface area contributed by atoms with Crippen molar-refractivity contribution in [3.8, 4) is 0 Å². The topological polar surface area (TPSA) is 146 Å². The Kier molecular flexibility index (Phi) is 8.03. The highest BCUT2D eigenvalue weighted by Gasteiger charge is 2.51. The molecule has 2 saturated heterocycles. The molecule has 12 heteroatoms. The number of likely N-dealkylation sites (tertiary alicyclic amines) is 1. The van der Waals surface area contributed by atoms with Crippen LogP contribution in [0.3, 0.4) is 0 Å². The molecule has 2 aliphatic heterocycles. The summed E-state index contributed by atoms with van der Waals surface area (Å²) in [5.74, 6) is -1.59. The predicted octanol–water partition coefficient (Wildman–Crippen LogP) is -0.427. The van der Waals surface area contributed by atoms with E-state index in [1.54, 1.807) is 6.92 Å². The van der Waals surface area contributed by atoms with Crippen molar-refractivity contribution in [2.75, 3.05) is 26.3 Å². The van der Waals surface area contributed by atoms with Crippen LogP contribution in [0.25, 0.3) is 0 Å². The third kappa shape index (κ3) is 5.88. The highest BCUT2D eigenvalue weighted by molar-refractivity contribution is 5.72. The number of nitrogens with zero attached hydrogens (tertiary/aromatic N) is 2. The fourth-order valence-corrected chi connectivity index (χ4v) is 4.33. The van der Waals surface area contributed by atoms with Crippen molar-refractivity contribution in [1.29, 1.82) is 0 Å². The number of hydrogen-bond acceptors (Lipinski definition) is 10. The van der Waals surface area contributed by atoms with Crippen molar-refractivity contribution in [3.63, 3.8) is 0 Å². The zero-order chi connectivity index (χ0) is 24.1. The second-order valence-electron chi connectivity index (χ2n) is 8.01. The van der Waals surface area contributed by atoms with Crippen LogP contribution in [0.5, 0.6) is 0 Å². The third-order valence-electron chi connectivity index (χ3n) is 5.76. The minimum Gasteiger partial charge on any atom is -0.466 e. The average molecular weight is 467 g/mol. The molecule has 0 spiro atoms. The molecule has 1 aromatic heterocycles. The van der Waals surface area contributed by atoms with Crippen LogP contribution < -0.4 is 11.2 Å². The lowest BCUT2D eigenvalue weighted by molar-refractivity contribution is -0.156. The number of H-pyrrole nitrogens is 1. The first-order valence-corrected chi connectivity index (χ1v) is 10.9. The summed E-state index contributed by atoms with van der Waals surface area (Å²) in [4.78, 5) is 63.7. The van der Waals surface area contributed by atoms with Gasteiger partial charge in [0.25, 0.3) is 5.56 Å². The molecule has 2 aliphatic rings. The van der Waals surface area contributed by atoms with Gasteiger partial charge in [-0.2, -0.15) is 0 Å². The van der Waals surface area contributed by atoms with Gasteiger partial charge in [0.1, 0.15) is 12.7 Å². The molecule has 0 aliphatic carbocycles. The normalized spacial score (nSPS) is 26.0. The zero-order valence-corrected chi connectivity index (χ0v) is 18.9. The zero-order valence-electron chi connectivity index (χ0n) is 18.9. The molecule has 182 valence electrons. The minimum atomic E-state index is -0.932. The minimum absolute atomic E-state index is 0.183. The lowest BCUT2D eigenvalue weighted by Crippen LogP contribution is -2.53. The first-order valence-electron chi connectivity index (χ1n) is 10.9. The van der Waals surface area contributed by atoms with Crippen LogP contribution in [0.15, 0.2) is 21.9 Å². The predicted molar refractivity (Wildman–Crippen MR) is 112 cm³/mol. The van der Waals surface area contributed by atoms with Crippen LogP contribution in [0.2, 0.25) is 0 Å². The summed E-state index contributed by atoms with van der Waals surface area (Å²) in [6.07, 6.45) is -0.283. The molecule has 0 radical (unpaired) electrons. The van der Waals surface area contributed by atoms with Gasteiger partial charge < -0.3 is 18.9 Å². The Labute approximate surface area is 189 Å². The van der Waals surface area contributed by atoms with E-state index < -0.39 is 47.7 Å². The van der Waals surface area contributed by atoms with Crippen LogP contribution >= 0.6 is 0 Å². The second kappa shape index (κ2) is 10.8. The summed E-state index contributed by atoms with van der Waals surface area (Å²) in [5.41, 5.74) is -1.25. The number of aromatic nitrogens is 2. The molecule has 4 atom stereocenters. The summed E-state index contributed by atoms with van der Waals surface area (Å²) in [7, 11) is 0. The highest BCUT2D eigenvalue weighted by atomic mass is 16.6. The van der Waals surface area contributed by atoms with Crippen LogP contribution in [-0.2, 0) is 33.3 Å². The van der Waals surface area contributed by atoms with Crippen molar-refractivity contribution in [3.05, 3.63) is 33.1 Å². The van der Waals surface area contributed by atoms with E-state index >= 15 is 0 Å². The van der Waals surface area contributed by atoms with Crippen LogP contribution in [0.1, 0.15) is 39.8 Å². The fraction of sp³-hybridized carbons (Fsp3) is 0.667. The number of nitrogens with one attached hydrogen (secondary N) is 1. The molecular formula is C21H29N3O9. The summed E-state index contributed by atoms with van der Waals surface area (Å²) in [5, 5.41) is 0. The largest absolute Gasteiger partial charge is 0.466 e. The molecule has 0 amide bonds. The van der Waals surface area contributed by atoms with E-state index in [0.29, 0.717) is 32.5 Å². The van der Waals surface area contributed by atoms with Gasteiger partial charge in [-0.25, -0.2) is 4.79 Å². The second-order valence-corrected chi connectivity index (χ2v) is 8.01. The van der Waals surface area contributed by atoms with Gasteiger partial charge in [0.2, 0.25) is 0 Å². The van der Waals surface area contributed by atoms with Crippen molar-refractivity contribution in [2.45, 2.75) is 58.1 Å².